The highest BCUT2D eigenvalue weighted by Gasteiger charge is 2.11. The quantitative estimate of drug-likeness (QED) is 0.505. The second-order valence-electron chi connectivity index (χ2n) is 6.07. The average molecular weight is 343 g/mol. The molecular weight excluding hydrogens is 320 g/mol. The van der Waals surface area contributed by atoms with Crippen LogP contribution in [0.4, 0.5) is 8.78 Å². The summed E-state index contributed by atoms with van der Waals surface area (Å²) in [4.78, 5) is 0. The number of hydrogen-bond donors (Lipinski definition) is 0. The molecule has 0 aromatic heterocycles. The summed E-state index contributed by atoms with van der Waals surface area (Å²) in [6.07, 6.45) is 7.25. The molecule has 0 saturated carbocycles. The third kappa shape index (κ3) is 5.56. The fourth-order valence-electron chi connectivity index (χ4n) is 2.66. The van der Waals surface area contributed by atoms with Crippen LogP contribution in [0.1, 0.15) is 51.0 Å². The lowest BCUT2D eigenvalue weighted by atomic mass is 10.0. The summed E-state index contributed by atoms with van der Waals surface area (Å²) in [5.41, 5.74) is 0.522. The minimum Gasteiger partial charge on any atom is -0.494 e. The van der Waals surface area contributed by atoms with Gasteiger partial charge in [0.25, 0.3) is 0 Å². The highest BCUT2D eigenvalue weighted by Crippen LogP contribution is 2.26. The zero-order valence-corrected chi connectivity index (χ0v) is 14.5. The molecule has 0 saturated heterocycles. The number of benzene rings is 2. The van der Waals surface area contributed by atoms with Gasteiger partial charge in [0.05, 0.1) is 6.61 Å². The molecule has 2 nitrogen and oxygen atoms in total. The maximum Gasteiger partial charge on any atom is 0.144 e. The van der Waals surface area contributed by atoms with E-state index in [1.165, 1.54) is 50.3 Å². The van der Waals surface area contributed by atoms with Crippen molar-refractivity contribution in [2.24, 2.45) is 0 Å². The van der Waals surface area contributed by atoms with E-state index in [4.69, 9.17) is 10.00 Å². The van der Waals surface area contributed by atoms with Gasteiger partial charge in [-0.3, -0.25) is 0 Å². The number of hydrogen-bond acceptors (Lipinski definition) is 2. The van der Waals surface area contributed by atoms with Crippen LogP contribution in [-0.2, 0) is 0 Å². The van der Waals surface area contributed by atoms with Crippen molar-refractivity contribution in [2.75, 3.05) is 6.61 Å². The van der Waals surface area contributed by atoms with E-state index in [1.807, 2.05) is 0 Å². The topological polar surface area (TPSA) is 33.0 Å². The minimum atomic E-state index is -0.846. The van der Waals surface area contributed by atoms with Crippen LogP contribution in [0.2, 0.25) is 0 Å². The van der Waals surface area contributed by atoms with Crippen LogP contribution in [0.3, 0.4) is 0 Å². The van der Waals surface area contributed by atoms with Crippen LogP contribution in [0.15, 0.2) is 36.4 Å². The first-order valence-electron chi connectivity index (χ1n) is 8.78. The van der Waals surface area contributed by atoms with Crippen molar-refractivity contribution < 1.29 is 13.5 Å². The van der Waals surface area contributed by atoms with E-state index < -0.39 is 17.2 Å². The van der Waals surface area contributed by atoms with Crippen LogP contribution in [-0.4, -0.2) is 6.61 Å². The summed E-state index contributed by atoms with van der Waals surface area (Å²) in [5.74, 6) is -0.950. The molecule has 0 bridgehead atoms. The van der Waals surface area contributed by atoms with Gasteiger partial charge in [-0.25, -0.2) is 8.78 Å². The Labute approximate surface area is 148 Å². The van der Waals surface area contributed by atoms with Gasteiger partial charge in [0.15, 0.2) is 0 Å². The van der Waals surface area contributed by atoms with Gasteiger partial charge >= 0.3 is 0 Å². The molecule has 0 aliphatic heterocycles. The Kier molecular flexibility index (Phi) is 7.40. The van der Waals surface area contributed by atoms with Crippen LogP contribution in [0.25, 0.3) is 11.1 Å². The number of halogens is 2. The minimum absolute atomic E-state index is 0.400. The van der Waals surface area contributed by atoms with Gasteiger partial charge in [-0.05, 0) is 41.8 Å². The Morgan fingerprint density at radius 2 is 1.48 bits per heavy atom. The summed E-state index contributed by atoms with van der Waals surface area (Å²) in [6.45, 7) is 2.87. The molecule has 0 N–H and O–H groups in total. The van der Waals surface area contributed by atoms with Crippen molar-refractivity contribution in [3.05, 3.63) is 53.6 Å². The molecule has 0 unspecified atom stereocenters. The van der Waals surface area contributed by atoms with E-state index in [0.717, 1.165) is 12.2 Å². The molecule has 0 atom stereocenters. The molecule has 4 heteroatoms. The van der Waals surface area contributed by atoms with Crippen molar-refractivity contribution in [1.29, 1.82) is 5.26 Å². The fourth-order valence-corrected chi connectivity index (χ4v) is 2.66. The molecule has 2 aromatic rings. The summed E-state index contributed by atoms with van der Waals surface area (Å²) in [5, 5.41) is 8.71. The van der Waals surface area contributed by atoms with E-state index in [9.17, 15) is 8.78 Å². The molecule has 2 aromatic carbocycles. The second-order valence-corrected chi connectivity index (χ2v) is 6.07. The SMILES string of the molecule is CCCCCCCCOc1ccc(-c2cc(F)c(C#N)c(F)c2)cc1. The highest BCUT2D eigenvalue weighted by molar-refractivity contribution is 5.65. The lowest BCUT2D eigenvalue weighted by molar-refractivity contribution is 0.304. The average Bonchev–Trinajstić information content (AvgIpc) is 2.61. The van der Waals surface area contributed by atoms with Crippen molar-refractivity contribution in [2.45, 2.75) is 45.4 Å². The first kappa shape index (κ1) is 18.9. The first-order valence-corrected chi connectivity index (χ1v) is 8.78. The summed E-state index contributed by atoms with van der Waals surface area (Å²) in [7, 11) is 0. The number of unbranched alkanes of at least 4 members (excludes halogenated alkanes) is 5. The van der Waals surface area contributed by atoms with Gasteiger partial charge in [0.2, 0.25) is 0 Å². The highest BCUT2D eigenvalue weighted by atomic mass is 19.1. The van der Waals surface area contributed by atoms with E-state index in [1.54, 1.807) is 24.3 Å². The molecular formula is C21H23F2NO. The van der Waals surface area contributed by atoms with Gasteiger partial charge in [0.1, 0.15) is 29.0 Å². The monoisotopic (exact) mass is 343 g/mol. The van der Waals surface area contributed by atoms with E-state index in [2.05, 4.69) is 6.92 Å². The fraction of sp³-hybridized carbons (Fsp3) is 0.381. The zero-order chi connectivity index (χ0) is 18.1. The summed E-state index contributed by atoms with van der Waals surface area (Å²) >= 11 is 0. The maximum atomic E-state index is 13.7. The number of ether oxygens (including phenoxy) is 1. The molecule has 25 heavy (non-hydrogen) atoms. The predicted octanol–water partition coefficient (Wildman–Crippen LogP) is 6.24. The molecule has 0 fully saturated rings. The van der Waals surface area contributed by atoms with E-state index in [0.29, 0.717) is 17.7 Å². The molecule has 0 radical (unpaired) electrons. The molecule has 0 spiro atoms. The van der Waals surface area contributed by atoms with Crippen molar-refractivity contribution >= 4 is 0 Å². The third-order valence-electron chi connectivity index (χ3n) is 4.11. The molecule has 2 rings (SSSR count). The molecule has 0 aliphatic rings. The number of nitrogens with zero attached hydrogens (tertiary/aromatic N) is 1. The Morgan fingerprint density at radius 1 is 0.880 bits per heavy atom. The molecule has 0 aliphatic carbocycles. The van der Waals surface area contributed by atoms with Crippen LogP contribution < -0.4 is 4.74 Å². The van der Waals surface area contributed by atoms with Gasteiger partial charge < -0.3 is 4.74 Å². The molecule has 0 heterocycles. The van der Waals surface area contributed by atoms with Crippen molar-refractivity contribution in [3.8, 4) is 22.9 Å². The number of rotatable bonds is 9. The van der Waals surface area contributed by atoms with Gasteiger partial charge in [-0.1, -0.05) is 51.2 Å². The summed E-state index contributed by atoms with van der Waals surface area (Å²) in [6, 6.07) is 11.0. The standard InChI is InChI=1S/C21H23F2NO/c1-2-3-4-5-6-7-12-25-18-10-8-16(9-11-18)17-13-20(22)19(15-24)21(23)14-17/h8-11,13-14H,2-7,12H2,1H3. The Morgan fingerprint density at radius 3 is 2.08 bits per heavy atom. The predicted molar refractivity (Wildman–Crippen MR) is 95.4 cm³/mol. The number of nitriles is 1. The van der Waals surface area contributed by atoms with Crippen LogP contribution >= 0.6 is 0 Å². The van der Waals surface area contributed by atoms with Gasteiger partial charge in [0, 0.05) is 0 Å². The van der Waals surface area contributed by atoms with Gasteiger partial charge in [-0.15, -0.1) is 0 Å². The zero-order valence-electron chi connectivity index (χ0n) is 14.5. The lowest BCUT2D eigenvalue weighted by Gasteiger charge is -2.08. The first-order chi connectivity index (χ1) is 12.2. The normalized spacial score (nSPS) is 10.5. The van der Waals surface area contributed by atoms with Gasteiger partial charge in [-0.2, -0.15) is 5.26 Å². The summed E-state index contributed by atoms with van der Waals surface area (Å²) < 4.78 is 33.1. The lowest BCUT2D eigenvalue weighted by Crippen LogP contribution is -1.97. The van der Waals surface area contributed by atoms with Crippen LogP contribution in [0, 0.1) is 23.0 Å². The van der Waals surface area contributed by atoms with Crippen molar-refractivity contribution in [1.82, 2.24) is 0 Å². The third-order valence-corrected chi connectivity index (χ3v) is 4.11. The van der Waals surface area contributed by atoms with E-state index >= 15 is 0 Å². The molecule has 132 valence electrons. The van der Waals surface area contributed by atoms with Crippen molar-refractivity contribution in [3.63, 3.8) is 0 Å². The largest absolute Gasteiger partial charge is 0.494 e. The Hall–Kier alpha value is -2.41. The Bertz CT molecular complexity index is 697. The smallest absolute Gasteiger partial charge is 0.144 e. The second kappa shape index (κ2) is 9.78. The molecule has 0 amide bonds. The maximum absolute atomic E-state index is 13.7. The Balaban J connectivity index is 1.89. The van der Waals surface area contributed by atoms with Crippen LogP contribution in [0.5, 0.6) is 5.75 Å². The van der Waals surface area contributed by atoms with E-state index in [-0.39, 0.29) is 0 Å².